The van der Waals surface area contributed by atoms with Gasteiger partial charge in [0.1, 0.15) is 23.9 Å². The number of rotatable bonds is 7. The summed E-state index contributed by atoms with van der Waals surface area (Å²) in [5.74, 6) is 2.15. The molecule has 5 heteroatoms. The van der Waals surface area contributed by atoms with Crippen LogP contribution in [0, 0.1) is 0 Å². The van der Waals surface area contributed by atoms with Gasteiger partial charge in [-0.3, -0.25) is 4.99 Å². The van der Waals surface area contributed by atoms with Gasteiger partial charge in [-0.05, 0) is 66.2 Å². The van der Waals surface area contributed by atoms with Crippen molar-refractivity contribution < 1.29 is 9.47 Å². The zero-order valence-electron chi connectivity index (χ0n) is 16.5. The molecule has 0 saturated heterocycles. The lowest BCUT2D eigenvalue weighted by Gasteiger charge is -2.09. The van der Waals surface area contributed by atoms with E-state index in [0.717, 1.165) is 28.3 Å². The second kappa shape index (κ2) is 10.2. The summed E-state index contributed by atoms with van der Waals surface area (Å²) in [5.41, 5.74) is 2.60. The predicted molar refractivity (Wildman–Crippen MR) is 127 cm³/mol. The lowest BCUT2D eigenvalue weighted by molar-refractivity contribution is 0.306. The van der Waals surface area contributed by atoms with E-state index >= 15 is 0 Å². The maximum atomic E-state index is 6.38. The average Bonchev–Trinajstić information content (AvgIpc) is 2.80. The molecule has 4 aromatic rings. The highest BCUT2D eigenvalue weighted by Gasteiger charge is 2.05. The van der Waals surface area contributed by atoms with Crippen LogP contribution >= 0.6 is 23.2 Å². The van der Waals surface area contributed by atoms with Crippen LogP contribution in [0.2, 0.25) is 10.0 Å². The maximum Gasteiger partial charge on any atom is 0.138 e. The number of hydrogen-bond acceptors (Lipinski definition) is 3. The van der Waals surface area contributed by atoms with Crippen LogP contribution in [-0.2, 0) is 6.61 Å². The third kappa shape index (κ3) is 5.88. The van der Waals surface area contributed by atoms with Crippen molar-refractivity contribution in [1.82, 2.24) is 0 Å². The van der Waals surface area contributed by atoms with E-state index in [1.54, 1.807) is 6.21 Å². The minimum atomic E-state index is 0.351. The van der Waals surface area contributed by atoms with Gasteiger partial charge in [-0.15, -0.1) is 0 Å². The molecule has 154 valence electrons. The van der Waals surface area contributed by atoms with Gasteiger partial charge in [-0.25, -0.2) is 0 Å². The molecule has 0 radical (unpaired) electrons. The molecule has 31 heavy (non-hydrogen) atoms. The smallest absolute Gasteiger partial charge is 0.138 e. The van der Waals surface area contributed by atoms with Crippen molar-refractivity contribution in [3.63, 3.8) is 0 Å². The van der Waals surface area contributed by atoms with E-state index in [1.165, 1.54) is 0 Å². The van der Waals surface area contributed by atoms with E-state index in [-0.39, 0.29) is 0 Å². The molecule has 0 aliphatic heterocycles. The van der Waals surface area contributed by atoms with Crippen LogP contribution in [0.4, 0.5) is 5.69 Å². The molecule has 0 atom stereocenters. The molecule has 0 fully saturated rings. The zero-order chi connectivity index (χ0) is 21.5. The largest absolute Gasteiger partial charge is 0.487 e. The summed E-state index contributed by atoms with van der Waals surface area (Å²) in [6.07, 6.45) is 1.76. The third-order valence-corrected chi connectivity index (χ3v) is 5.14. The van der Waals surface area contributed by atoms with Crippen LogP contribution in [0.25, 0.3) is 0 Å². The molecule has 0 aromatic heterocycles. The Kier molecular flexibility index (Phi) is 6.88. The van der Waals surface area contributed by atoms with Crippen molar-refractivity contribution in [3.05, 3.63) is 118 Å². The van der Waals surface area contributed by atoms with E-state index in [2.05, 4.69) is 4.99 Å². The molecule has 0 bridgehead atoms. The normalized spacial score (nSPS) is 10.9. The van der Waals surface area contributed by atoms with Gasteiger partial charge in [0.05, 0.1) is 10.7 Å². The van der Waals surface area contributed by atoms with E-state index in [1.807, 2.05) is 97.1 Å². The molecule has 3 nitrogen and oxygen atoms in total. The number of para-hydroxylation sites is 1. The van der Waals surface area contributed by atoms with Gasteiger partial charge in [0, 0.05) is 16.8 Å². The molecule has 0 spiro atoms. The van der Waals surface area contributed by atoms with E-state index in [9.17, 15) is 0 Å². The molecule has 0 aliphatic carbocycles. The molecule has 0 heterocycles. The van der Waals surface area contributed by atoms with Crippen molar-refractivity contribution in [2.75, 3.05) is 0 Å². The quantitative estimate of drug-likeness (QED) is 0.267. The van der Waals surface area contributed by atoms with Crippen molar-refractivity contribution in [3.8, 4) is 17.2 Å². The van der Waals surface area contributed by atoms with Gasteiger partial charge in [-0.2, -0.15) is 0 Å². The van der Waals surface area contributed by atoms with Crippen LogP contribution in [0.3, 0.4) is 0 Å². The first-order valence-electron chi connectivity index (χ1n) is 9.70. The van der Waals surface area contributed by atoms with Crippen LogP contribution in [-0.4, -0.2) is 6.21 Å². The van der Waals surface area contributed by atoms with Crippen LogP contribution < -0.4 is 9.47 Å². The standard InChI is InChI=1S/C26H19Cl2NO2/c27-24-9-5-4-6-20(24)18-30-26-15-10-19(16-25(26)28)17-29-21-11-13-23(14-12-21)31-22-7-2-1-3-8-22/h1-17H,18H2. The number of halogens is 2. The van der Waals surface area contributed by atoms with E-state index < -0.39 is 0 Å². The SMILES string of the molecule is Clc1ccccc1COc1ccc(C=Nc2ccc(Oc3ccccc3)cc2)cc1Cl. The van der Waals surface area contributed by atoms with Gasteiger partial charge in [-0.1, -0.05) is 59.6 Å². The van der Waals surface area contributed by atoms with Crippen molar-refractivity contribution in [2.45, 2.75) is 6.61 Å². The fraction of sp³-hybridized carbons (Fsp3) is 0.0385. The number of nitrogens with zero attached hydrogens (tertiary/aromatic N) is 1. The van der Waals surface area contributed by atoms with Crippen molar-refractivity contribution in [2.24, 2.45) is 4.99 Å². The zero-order valence-corrected chi connectivity index (χ0v) is 18.1. The summed E-state index contributed by atoms with van der Waals surface area (Å²) in [5, 5.41) is 1.19. The average molecular weight is 448 g/mol. The van der Waals surface area contributed by atoms with E-state index in [0.29, 0.717) is 22.4 Å². The van der Waals surface area contributed by atoms with Crippen molar-refractivity contribution >= 4 is 35.1 Å². The molecule has 4 aromatic carbocycles. The second-order valence-corrected chi connectivity index (χ2v) is 7.55. The maximum absolute atomic E-state index is 6.38. The first-order chi connectivity index (χ1) is 15.2. The highest BCUT2D eigenvalue weighted by Crippen LogP contribution is 2.28. The summed E-state index contributed by atoms with van der Waals surface area (Å²) in [4.78, 5) is 4.50. The van der Waals surface area contributed by atoms with Gasteiger partial charge in [0.2, 0.25) is 0 Å². The summed E-state index contributed by atoms with van der Waals surface area (Å²) >= 11 is 12.5. The molecular formula is C26H19Cl2NO2. The Morgan fingerprint density at radius 2 is 1.42 bits per heavy atom. The highest BCUT2D eigenvalue weighted by atomic mass is 35.5. The van der Waals surface area contributed by atoms with Gasteiger partial charge < -0.3 is 9.47 Å². The Morgan fingerprint density at radius 1 is 0.710 bits per heavy atom. The minimum Gasteiger partial charge on any atom is -0.487 e. The number of hydrogen-bond donors (Lipinski definition) is 0. The summed E-state index contributed by atoms with van der Waals surface area (Å²) < 4.78 is 11.6. The van der Waals surface area contributed by atoms with Gasteiger partial charge >= 0.3 is 0 Å². The molecule has 0 amide bonds. The van der Waals surface area contributed by atoms with Gasteiger partial charge in [0.25, 0.3) is 0 Å². The first kappa shape index (κ1) is 21.0. The molecule has 0 N–H and O–H groups in total. The number of benzene rings is 4. The molecule has 0 saturated carbocycles. The second-order valence-electron chi connectivity index (χ2n) is 6.74. The highest BCUT2D eigenvalue weighted by molar-refractivity contribution is 6.32. The Balaban J connectivity index is 1.37. The fourth-order valence-electron chi connectivity index (χ4n) is 2.86. The monoisotopic (exact) mass is 447 g/mol. The summed E-state index contributed by atoms with van der Waals surface area (Å²) in [7, 11) is 0. The van der Waals surface area contributed by atoms with Crippen molar-refractivity contribution in [1.29, 1.82) is 0 Å². The summed E-state index contributed by atoms with van der Waals surface area (Å²) in [6.45, 7) is 0.351. The van der Waals surface area contributed by atoms with Crippen LogP contribution in [0.1, 0.15) is 11.1 Å². The first-order valence-corrected chi connectivity index (χ1v) is 10.5. The lowest BCUT2D eigenvalue weighted by Crippen LogP contribution is -1.97. The Bertz CT molecular complexity index is 1180. The molecule has 0 aliphatic rings. The Hall–Kier alpha value is -3.27. The number of aliphatic imine (C=N–C) groups is 1. The fourth-order valence-corrected chi connectivity index (χ4v) is 3.29. The predicted octanol–water partition coefficient (Wildman–Crippen LogP) is 8.12. The lowest BCUT2D eigenvalue weighted by atomic mass is 10.2. The van der Waals surface area contributed by atoms with Crippen LogP contribution in [0.15, 0.2) is 102 Å². The number of ether oxygens (including phenoxy) is 2. The Morgan fingerprint density at radius 3 is 2.16 bits per heavy atom. The van der Waals surface area contributed by atoms with Gasteiger partial charge in [0.15, 0.2) is 0 Å². The molecular weight excluding hydrogens is 429 g/mol. The molecule has 0 unspecified atom stereocenters. The topological polar surface area (TPSA) is 30.8 Å². The minimum absolute atomic E-state index is 0.351. The van der Waals surface area contributed by atoms with Crippen LogP contribution in [0.5, 0.6) is 17.2 Å². The Labute approximate surface area is 191 Å². The summed E-state index contributed by atoms with van der Waals surface area (Å²) in [6, 6.07) is 30.4. The van der Waals surface area contributed by atoms with E-state index in [4.69, 9.17) is 32.7 Å². The third-order valence-electron chi connectivity index (χ3n) is 4.48. The molecule has 4 rings (SSSR count).